The minimum atomic E-state index is 0.224. The smallest absolute Gasteiger partial charge is 0.191 e. The Balaban J connectivity index is 1.54. The Kier molecular flexibility index (Phi) is 8.24. The molecular weight excluding hydrogens is 382 g/mol. The number of para-hydroxylation sites is 2. The number of nitrogens with one attached hydrogen (secondary N) is 2. The molecule has 7 heteroatoms. The first-order valence-corrected chi connectivity index (χ1v) is 11.8. The van der Waals surface area contributed by atoms with Crippen molar-refractivity contribution in [2.75, 3.05) is 38.6 Å². The first kappa shape index (κ1) is 22.0. The van der Waals surface area contributed by atoms with E-state index in [-0.39, 0.29) is 4.75 Å². The van der Waals surface area contributed by atoms with Crippen LogP contribution in [0, 0.1) is 6.92 Å². The summed E-state index contributed by atoms with van der Waals surface area (Å²) < 4.78 is 8.11. The van der Waals surface area contributed by atoms with Crippen molar-refractivity contribution in [2.45, 2.75) is 51.3 Å². The fourth-order valence-electron chi connectivity index (χ4n) is 3.88. The van der Waals surface area contributed by atoms with Gasteiger partial charge in [-0.25, -0.2) is 4.98 Å². The SMILES string of the molecule is CCNC(=NCC1(SCC)CCOCC1)NCCCn1c(C)nc2ccccc21. The number of aryl methyl sites for hydroxylation is 2. The van der Waals surface area contributed by atoms with Gasteiger partial charge in [0.2, 0.25) is 0 Å². The molecule has 160 valence electrons. The van der Waals surface area contributed by atoms with Gasteiger partial charge in [-0.3, -0.25) is 4.99 Å². The number of rotatable bonds is 9. The number of aromatic nitrogens is 2. The lowest BCUT2D eigenvalue weighted by Gasteiger charge is -2.35. The van der Waals surface area contributed by atoms with Gasteiger partial charge in [0.05, 0.1) is 17.6 Å². The standard InChI is InChI=1S/C22H35N5OS/c1-4-23-21(25-17-22(29-5-2)11-15-28-16-12-22)24-13-8-14-27-18(3)26-19-9-6-7-10-20(19)27/h6-7,9-10H,4-5,8,11-17H2,1-3H3,(H2,23,24,25). The van der Waals surface area contributed by atoms with Gasteiger partial charge in [0, 0.05) is 37.6 Å². The molecule has 0 radical (unpaired) electrons. The molecule has 0 atom stereocenters. The van der Waals surface area contributed by atoms with Crippen LogP contribution in [0.15, 0.2) is 29.3 Å². The number of hydrogen-bond donors (Lipinski definition) is 2. The van der Waals surface area contributed by atoms with Gasteiger partial charge >= 0.3 is 0 Å². The fraction of sp³-hybridized carbons (Fsp3) is 0.636. The number of hydrogen-bond acceptors (Lipinski definition) is 4. The molecule has 1 aromatic heterocycles. The molecule has 0 amide bonds. The zero-order chi connectivity index (χ0) is 20.5. The van der Waals surface area contributed by atoms with E-state index in [2.05, 4.69) is 59.2 Å². The molecule has 1 saturated heterocycles. The topological polar surface area (TPSA) is 63.5 Å². The molecule has 1 aliphatic heterocycles. The van der Waals surface area contributed by atoms with Crippen molar-refractivity contribution in [3.05, 3.63) is 30.1 Å². The van der Waals surface area contributed by atoms with Gasteiger partial charge < -0.3 is 19.9 Å². The third kappa shape index (κ3) is 5.89. The highest BCUT2D eigenvalue weighted by atomic mass is 32.2. The van der Waals surface area contributed by atoms with E-state index >= 15 is 0 Å². The molecule has 1 fully saturated rings. The van der Waals surface area contributed by atoms with Gasteiger partial charge in [0.25, 0.3) is 0 Å². The summed E-state index contributed by atoms with van der Waals surface area (Å²) in [7, 11) is 0. The van der Waals surface area contributed by atoms with Crippen molar-refractivity contribution in [3.63, 3.8) is 0 Å². The predicted octanol–water partition coefficient (Wildman–Crippen LogP) is 3.59. The summed E-state index contributed by atoms with van der Waals surface area (Å²) >= 11 is 2.04. The van der Waals surface area contributed by atoms with E-state index in [1.807, 2.05) is 17.8 Å². The van der Waals surface area contributed by atoms with Crippen LogP contribution in [0.2, 0.25) is 0 Å². The summed E-state index contributed by atoms with van der Waals surface area (Å²) in [5.41, 5.74) is 2.28. The zero-order valence-electron chi connectivity index (χ0n) is 18.0. The highest BCUT2D eigenvalue weighted by Gasteiger charge is 2.32. The second kappa shape index (κ2) is 10.9. The van der Waals surface area contributed by atoms with Gasteiger partial charge in [-0.1, -0.05) is 19.1 Å². The van der Waals surface area contributed by atoms with Crippen LogP contribution in [0.1, 0.15) is 38.9 Å². The monoisotopic (exact) mass is 417 g/mol. The summed E-state index contributed by atoms with van der Waals surface area (Å²) in [6.45, 7) is 11.7. The number of nitrogens with zero attached hydrogens (tertiary/aromatic N) is 3. The molecule has 0 bridgehead atoms. The molecule has 1 aliphatic rings. The van der Waals surface area contributed by atoms with E-state index in [1.165, 1.54) is 5.52 Å². The Labute approximate surface area is 178 Å². The van der Waals surface area contributed by atoms with Crippen molar-refractivity contribution < 1.29 is 4.74 Å². The average Bonchev–Trinajstić information content (AvgIpc) is 3.05. The van der Waals surface area contributed by atoms with Crippen LogP contribution in [0.3, 0.4) is 0 Å². The van der Waals surface area contributed by atoms with Crippen LogP contribution in [-0.4, -0.2) is 58.9 Å². The Hall–Kier alpha value is -1.73. The summed E-state index contributed by atoms with van der Waals surface area (Å²) in [5, 5.41) is 6.91. The Morgan fingerprint density at radius 3 is 2.79 bits per heavy atom. The summed E-state index contributed by atoms with van der Waals surface area (Å²) in [6, 6.07) is 8.34. The summed E-state index contributed by atoms with van der Waals surface area (Å²) in [4.78, 5) is 9.59. The predicted molar refractivity (Wildman–Crippen MR) is 124 cm³/mol. The largest absolute Gasteiger partial charge is 0.381 e. The maximum Gasteiger partial charge on any atom is 0.191 e. The first-order valence-electron chi connectivity index (χ1n) is 10.8. The second-order valence-corrected chi connectivity index (χ2v) is 9.24. The first-order chi connectivity index (χ1) is 14.2. The maximum atomic E-state index is 5.58. The van der Waals surface area contributed by atoms with Crippen LogP contribution >= 0.6 is 11.8 Å². The van der Waals surface area contributed by atoms with Crippen LogP contribution in [-0.2, 0) is 11.3 Å². The van der Waals surface area contributed by atoms with Gasteiger partial charge in [0.15, 0.2) is 5.96 Å². The molecule has 2 heterocycles. The highest BCUT2D eigenvalue weighted by Crippen LogP contribution is 2.35. The molecule has 3 rings (SSSR count). The van der Waals surface area contributed by atoms with Gasteiger partial charge in [-0.2, -0.15) is 11.8 Å². The van der Waals surface area contributed by atoms with Crippen molar-refractivity contribution in [1.29, 1.82) is 0 Å². The van der Waals surface area contributed by atoms with E-state index in [9.17, 15) is 0 Å². The fourth-order valence-corrected chi connectivity index (χ4v) is 5.11. The number of aliphatic imine (C=N–C) groups is 1. The second-order valence-electron chi connectivity index (χ2n) is 7.50. The van der Waals surface area contributed by atoms with E-state index in [0.717, 1.165) is 81.7 Å². The molecule has 2 N–H and O–H groups in total. The number of fused-ring (bicyclic) bond motifs is 1. The van der Waals surface area contributed by atoms with Gasteiger partial charge in [-0.15, -0.1) is 0 Å². The maximum absolute atomic E-state index is 5.58. The third-order valence-corrected chi connectivity index (χ3v) is 6.86. The average molecular weight is 418 g/mol. The highest BCUT2D eigenvalue weighted by molar-refractivity contribution is 8.00. The van der Waals surface area contributed by atoms with Gasteiger partial charge in [0.1, 0.15) is 5.82 Å². The van der Waals surface area contributed by atoms with Gasteiger partial charge in [-0.05, 0) is 51.0 Å². The number of benzene rings is 1. The number of thioether (sulfide) groups is 1. The van der Waals surface area contributed by atoms with Crippen molar-refractivity contribution in [1.82, 2.24) is 20.2 Å². The third-order valence-electron chi connectivity index (χ3n) is 5.42. The molecular formula is C22H35N5OS. The molecule has 0 unspecified atom stereocenters. The normalized spacial score (nSPS) is 16.9. The van der Waals surface area contributed by atoms with E-state index in [1.54, 1.807) is 0 Å². The number of imidazole rings is 1. The minimum Gasteiger partial charge on any atom is -0.381 e. The molecule has 2 aromatic rings. The minimum absolute atomic E-state index is 0.224. The number of ether oxygens (including phenoxy) is 1. The van der Waals surface area contributed by atoms with Crippen LogP contribution in [0.4, 0.5) is 0 Å². The molecule has 0 saturated carbocycles. The Morgan fingerprint density at radius 1 is 1.24 bits per heavy atom. The van der Waals surface area contributed by atoms with Crippen molar-refractivity contribution in [3.8, 4) is 0 Å². The van der Waals surface area contributed by atoms with Crippen LogP contribution < -0.4 is 10.6 Å². The van der Waals surface area contributed by atoms with Crippen molar-refractivity contribution in [2.24, 2.45) is 4.99 Å². The van der Waals surface area contributed by atoms with E-state index < -0.39 is 0 Å². The van der Waals surface area contributed by atoms with E-state index in [4.69, 9.17) is 9.73 Å². The van der Waals surface area contributed by atoms with Crippen LogP contribution in [0.25, 0.3) is 11.0 Å². The molecule has 29 heavy (non-hydrogen) atoms. The lowest BCUT2D eigenvalue weighted by molar-refractivity contribution is 0.0793. The zero-order valence-corrected chi connectivity index (χ0v) is 18.9. The summed E-state index contributed by atoms with van der Waals surface area (Å²) in [5.74, 6) is 3.12. The lowest BCUT2D eigenvalue weighted by atomic mass is 9.99. The van der Waals surface area contributed by atoms with Crippen LogP contribution in [0.5, 0.6) is 0 Å². The molecule has 1 aromatic carbocycles. The summed E-state index contributed by atoms with van der Waals surface area (Å²) in [6.07, 6.45) is 3.19. The molecule has 0 spiro atoms. The Bertz CT molecular complexity index is 792. The van der Waals surface area contributed by atoms with E-state index in [0.29, 0.717) is 0 Å². The molecule has 0 aliphatic carbocycles. The Morgan fingerprint density at radius 2 is 2.03 bits per heavy atom. The van der Waals surface area contributed by atoms with Crippen molar-refractivity contribution >= 4 is 28.8 Å². The lowest BCUT2D eigenvalue weighted by Crippen LogP contribution is -2.41. The molecule has 6 nitrogen and oxygen atoms in total. The quantitative estimate of drug-likeness (QED) is 0.371. The number of guanidine groups is 1.